The quantitative estimate of drug-likeness (QED) is 0.216. The topological polar surface area (TPSA) is 8.81 Å². The molecule has 0 aromatic carbocycles. The van der Waals surface area contributed by atoms with Gasteiger partial charge in [-0.2, -0.15) is 0 Å². The van der Waals surface area contributed by atoms with Crippen molar-refractivity contribution in [2.24, 2.45) is 7.05 Å². The summed E-state index contributed by atoms with van der Waals surface area (Å²) in [6.07, 6.45) is 20.6. The third-order valence-corrected chi connectivity index (χ3v) is 3.59. The number of aromatic nitrogens is 2. The summed E-state index contributed by atoms with van der Waals surface area (Å²) in [6, 6.07) is 0. The van der Waals surface area contributed by atoms with Crippen LogP contribution in [0.1, 0.15) is 71.1 Å². The monoisotopic (exact) mass is 418 g/mol. The number of unbranched alkanes of at least 4 members (excludes halogenated alkanes) is 9. The minimum Gasteiger partial charge on any atom is -0.391 e. The van der Waals surface area contributed by atoms with E-state index in [4.69, 9.17) is 40.2 Å². The fourth-order valence-electron chi connectivity index (χ4n) is 2.42. The molecule has 1 aromatic heterocycles. The normalized spacial score (nSPS) is 11.2. The zero-order valence-electron chi connectivity index (χ0n) is 14.5. The molecule has 0 atom stereocenters. The van der Waals surface area contributed by atoms with Gasteiger partial charge in [0.1, 0.15) is 12.4 Å². The van der Waals surface area contributed by atoms with Gasteiger partial charge in [-0.05, 0) is 12.8 Å². The van der Waals surface area contributed by atoms with Crippen molar-refractivity contribution in [1.29, 1.82) is 0 Å². The number of hydrogen-bond donors (Lipinski definition) is 0. The van der Waals surface area contributed by atoms with Crippen LogP contribution in [0.25, 0.3) is 0 Å². The molecule has 0 aliphatic rings. The summed E-state index contributed by atoms with van der Waals surface area (Å²) in [5, 5.41) is 0. The lowest BCUT2D eigenvalue weighted by atomic mass is 10.1. The van der Waals surface area contributed by atoms with Crippen LogP contribution in [0.15, 0.2) is 18.7 Å². The van der Waals surface area contributed by atoms with E-state index in [1.54, 1.807) is 0 Å². The molecule has 0 aliphatic carbocycles. The van der Waals surface area contributed by atoms with Crippen LogP contribution in [0.5, 0.6) is 0 Å². The first kappa shape index (κ1) is 23.9. The minimum atomic E-state index is -2.94. The second-order valence-electron chi connectivity index (χ2n) is 5.99. The van der Waals surface area contributed by atoms with Crippen LogP contribution in [-0.2, 0) is 13.6 Å². The van der Waals surface area contributed by atoms with E-state index in [-0.39, 0.29) is 0 Å². The van der Waals surface area contributed by atoms with Crippen LogP contribution in [0.3, 0.4) is 0 Å². The molecule has 0 saturated heterocycles. The second-order valence-corrected chi connectivity index (χ2v) is 18.9. The molecule has 0 saturated carbocycles. The predicted molar refractivity (Wildman–Crippen MR) is 107 cm³/mol. The van der Waals surface area contributed by atoms with Crippen LogP contribution >= 0.6 is 40.2 Å². The maximum Gasteiger partial charge on any atom is 0.564 e. The first-order valence-electron chi connectivity index (χ1n) is 8.71. The molecule has 0 aliphatic heterocycles. The van der Waals surface area contributed by atoms with Crippen molar-refractivity contribution >= 4 is 49.6 Å². The lowest BCUT2D eigenvalue weighted by molar-refractivity contribution is -0.671. The second kappa shape index (κ2) is 15.2. The molecule has 0 fully saturated rings. The van der Waals surface area contributed by atoms with E-state index in [1.165, 1.54) is 70.8 Å². The lowest BCUT2D eigenvalue weighted by Gasteiger charge is -2.01. The van der Waals surface area contributed by atoms with E-state index in [1.807, 2.05) is 0 Å². The van der Waals surface area contributed by atoms with Gasteiger partial charge < -0.3 is 40.2 Å². The van der Waals surface area contributed by atoms with Crippen molar-refractivity contribution in [3.8, 4) is 0 Å². The first-order valence-corrected chi connectivity index (χ1v) is 15.7. The summed E-state index contributed by atoms with van der Waals surface area (Å²) in [5.74, 6) is 0. The summed E-state index contributed by atoms with van der Waals surface area (Å²) >= 11 is 0. The average molecular weight is 420 g/mol. The van der Waals surface area contributed by atoms with E-state index in [9.17, 15) is 0 Å². The van der Waals surface area contributed by atoms with Crippen molar-refractivity contribution in [3.05, 3.63) is 18.7 Å². The zero-order chi connectivity index (χ0) is 17.6. The summed E-state index contributed by atoms with van der Waals surface area (Å²) in [6.45, 7) is 3.46. The maximum absolute atomic E-state index is 4.99. The molecule has 23 heavy (non-hydrogen) atoms. The number of rotatable bonds is 11. The molecule has 7 heteroatoms. The fraction of sp³-hybridized carbons (Fsp3) is 0.812. The van der Waals surface area contributed by atoms with Crippen LogP contribution in [0.4, 0.5) is 0 Å². The first-order chi connectivity index (χ1) is 10.8. The molecule has 2 nitrogen and oxygen atoms in total. The zero-order valence-corrected chi connectivity index (χ0v) is 18.7. The Hall–Kier alpha value is 0.902. The Bertz CT molecular complexity index is 374. The molecular formula is C16H31AlCl4N2. The Morgan fingerprint density at radius 2 is 1.26 bits per heavy atom. The highest BCUT2D eigenvalue weighted by Gasteiger charge is 2.14. The van der Waals surface area contributed by atoms with Crippen LogP contribution in [0, 0.1) is 0 Å². The van der Waals surface area contributed by atoms with E-state index >= 15 is 0 Å². The van der Waals surface area contributed by atoms with Crippen molar-refractivity contribution < 1.29 is 4.57 Å². The van der Waals surface area contributed by atoms with Crippen LogP contribution in [-0.4, -0.2) is 14.0 Å². The summed E-state index contributed by atoms with van der Waals surface area (Å²) in [4.78, 5) is 0. The predicted octanol–water partition coefficient (Wildman–Crippen LogP) is 6.61. The molecule has 0 spiro atoms. The Morgan fingerprint density at radius 3 is 1.65 bits per heavy atom. The number of hydrogen-bond acceptors (Lipinski definition) is 0. The lowest BCUT2D eigenvalue weighted by Crippen LogP contribution is -2.23. The largest absolute Gasteiger partial charge is 0.564 e. The summed E-state index contributed by atoms with van der Waals surface area (Å²) in [7, 11) is 19.1. The van der Waals surface area contributed by atoms with Crippen molar-refractivity contribution in [1.82, 2.24) is 4.57 Å². The summed E-state index contributed by atoms with van der Waals surface area (Å²) < 4.78 is 4.39. The molecule has 0 amide bonds. The molecule has 0 radical (unpaired) electrons. The van der Waals surface area contributed by atoms with Gasteiger partial charge in [0.05, 0.1) is 13.6 Å². The highest BCUT2D eigenvalue weighted by atomic mass is 35.9. The van der Waals surface area contributed by atoms with Gasteiger partial charge in [0, 0.05) is 0 Å². The van der Waals surface area contributed by atoms with Gasteiger partial charge in [0.15, 0.2) is 0 Å². The average Bonchev–Trinajstić information content (AvgIpc) is 2.85. The smallest absolute Gasteiger partial charge is 0.391 e. The Labute approximate surface area is 161 Å². The van der Waals surface area contributed by atoms with E-state index in [0.717, 1.165) is 0 Å². The van der Waals surface area contributed by atoms with Gasteiger partial charge in [0.25, 0.3) is 0 Å². The van der Waals surface area contributed by atoms with Crippen LogP contribution < -0.4 is 4.57 Å². The van der Waals surface area contributed by atoms with Crippen molar-refractivity contribution in [2.45, 2.75) is 77.7 Å². The van der Waals surface area contributed by atoms with Gasteiger partial charge in [-0.1, -0.05) is 58.3 Å². The standard InChI is InChI=1S/C16H31N2.Al.4ClH/c1-3-4-5-6-7-8-9-10-11-12-13-18-15-14-17(2)16-18;;;;;/h14-16H,3-13H2,1-2H3;;4*1H/q+1;+3;;;;/p-4. The Morgan fingerprint density at radius 1 is 0.826 bits per heavy atom. The molecule has 136 valence electrons. The molecule has 1 heterocycles. The Balaban J connectivity index is 0.000000841. The van der Waals surface area contributed by atoms with Crippen molar-refractivity contribution in [3.63, 3.8) is 0 Å². The third kappa shape index (κ3) is 20.9. The fourth-order valence-corrected chi connectivity index (χ4v) is 2.42. The van der Waals surface area contributed by atoms with Crippen molar-refractivity contribution in [2.75, 3.05) is 0 Å². The maximum atomic E-state index is 4.99. The third-order valence-electron chi connectivity index (χ3n) is 3.59. The SMILES string of the molecule is CCCCCCCCCCCCn1cc[n+](C)c1.[Cl][Al-]([Cl])([Cl])[Cl]. The number of aryl methyl sites for hydroxylation is 2. The van der Waals surface area contributed by atoms with Gasteiger partial charge in [-0.3, -0.25) is 0 Å². The number of imidazole rings is 1. The van der Waals surface area contributed by atoms with Gasteiger partial charge in [-0.15, -0.1) is 0 Å². The molecule has 1 aromatic rings. The molecule has 0 bridgehead atoms. The molecule has 0 unspecified atom stereocenters. The molecule has 0 N–H and O–H groups in total. The minimum absolute atomic E-state index is 1.18. The van der Waals surface area contributed by atoms with Gasteiger partial charge >= 0.3 is 9.39 Å². The number of nitrogens with zero attached hydrogens (tertiary/aromatic N) is 2. The molecule has 1 rings (SSSR count). The van der Waals surface area contributed by atoms with E-state index in [0.29, 0.717) is 0 Å². The van der Waals surface area contributed by atoms with E-state index < -0.39 is 9.39 Å². The highest BCUT2D eigenvalue weighted by Crippen LogP contribution is 2.23. The van der Waals surface area contributed by atoms with Crippen LogP contribution in [0.2, 0.25) is 0 Å². The molecular weight excluding hydrogens is 389 g/mol. The highest BCUT2D eigenvalue weighted by molar-refractivity contribution is 7.81. The van der Waals surface area contributed by atoms with E-state index in [2.05, 4.69) is 41.8 Å². The van der Waals surface area contributed by atoms with Gasteiger partial charge in [-0.25, -0.2) is 9.13 Å². The number of halogens is 4. The Kier molecular flexibility index (Phi) is 15.8. The van der Waals surface area contributed by atoms with Gasteiger partial charge in [0.2, 0.25) is 6.33 Å². The summed E-state index contributed by atoms with van der Waals surface area (Å²) in [5.41, 5.74) is 0.